The maximum absolute atomic E-state index is 14.4. The molecule has 1 N–H and O–H groups in total. The smallest absolute Gasteiger partial charge is 0.264 e. The van der Waals surface area contributed by atoms with Crippen molar-refractivity contribution < 1.29 is 22.7 Å². The number of hydrogen-bond acceptors (Lipinski definition) is 5. The fourth-order valence-corrected chi connectivity index (χ4v) is 7.20. The van der Waals surface area contributed by atoms with Crippen LogP contribution in [0.15, 0.2) is 77.7 Å². The number of ether oxygens (including phenoxy) is 1. The van der Waals surface area contributed by atoms with Gasteiger partial charge >= 0.3 is 0 Å². The molecule has 8 nitrogen and oxygen atoms in total. The highest BCUT2D eigenvalue weighted by Gasteiger charge is 2.34. The SMILES string of the molecule is CC[C@@H](C(=O)NC1CCCCC1)N(Cc1ccc(OC)cc1)C(=O)CN(c1ccc(C(C)C)cc1)S(=O)(=O)c1ccc(C)cc1. The van der Waals surface area contributed by atoms with E-state index >= 15 is 0 Å². The van der Waals surface area contributed by atoms with Crippen LogP contribution in [0.1, 0.15) is 81.9 Å². The van der Waals surface area contributed by atoms with Gasteiger partial charge < -0.3 is 15.0 Å². The second kappa shape index (κ2) is 15.4. The van der Waals surface area contributed by atoms with E-state index in [1.807, 2.05) is 50.2 Å². The number of hydrogen-bond donors (Lipinski definition) is 1. The van der Waals surface area contributed by atoms with Crippen LogP contribution in [0, 0.1) is 6.92 Å². The second-order valence-corrected chi connectivity index (χ2v) is 14.1. The molecule has 0 radical (unpaired) electrons. The molecular weight excluding hydrogens is 586 g/mol. The summed E-state index contributed by atoms with van der Waals surface area (Å²) in [6.45, 7) is 7.59. The van der Waals surface area contributed by atoms with Crippen molar-refractivity contribution in [3.63, 3.8) is 0 Å². The van der Waals surface area contributed by atoms with E-state index in [4.69, 9.17) is 4.74 Å². The number of anilines is 1. The topological polar surface area (TPSA) is 96.0 Å². The van der Waals surface area contributed by atoms with E-state index in [0.717, 1.165) is 53.1 Å². The van der Waals surface area contributed by atoms with E-state index in [1.54, 1.807) is 43.5 Å². The Balaban J connectivity index is 1.71. The molecule has 1 aliphatic rings. The van der Waals surface area contributed by atoms with E-state index in [2.05, 4.69) is 19.2 Å². The highest BCUT2D eigenvalue weighted by molar-refractivity contribution is 7.92. The molecule has 1 atom stereocenters. The van der Waals surface area contributed by atoms with E-state index in [0.29, 0.717) is 17.9 Å². The number of amides is 2. The minimum Gasteiger partial charge on any atom is -0.497 e. The fourth-order valence-electron chi connectivity index (χ4n) is 5.78. The third-order valence-corrected chi connectivity index (χ3v) is 10.4. The number of rotatable bonds is 13. The highest BCUT2D eigenvalue weighted by atomic mass is 32.2. The molecule has 45 heavy (non-hydrogen) atoms. The van der Waals surface area contributed by atoms with E-state index in [1.165, 1.54) is 4.90 Å². The molecule has 0 unspecified atom stereocenters. The number of benzene rings is 3. The van der Waals surface area contributed by atoms with Crippen LogP contribution in [0.4, 0.5) is 5.69 Å². The number of nitrogens with zero attached hydrogens (tertiary/aromatic N) is 2. The number of carbonyl (C=O) groups is 2. The van der Waals surface area contributed by atoms with Gasteiger partial charge in [-0.3, -0.25) is 13.9 Å². The van der Waals surface area contributed by atoms with Gasteiger partial charge in [-0.1, -0.05) is 82.0 Å². The Bertz CT molecular complexity index is 1510. The lowest BCUT2D eigenvalue weighted by Crippen LogP contribution is -2.54. The van der Waals surface area contributed by atoms with Gasteiger partial charge in [-0.25, -0.2) is 8.42 Å². The molecule has 1 aliphatic carbocycles. The summed E-state index contributed by atoms with van der Waals surface area (Å²) < 4.78 is 34.8. The van der Waals surface area contributed by atoms with Crippen LogP contribution in [0.3, 0.4) is 0 Å². The van der Waals surface area contributed by atoms with E-state index in [9.17, 15) is 18.0 Å². The first-order valence-electron chi connectivity index (χ1n) is 16.0. The molecule has 9 heteroatoms. The van der Waals surface area contributed by atoms with E-state index < -0.39 is 28.5 Å². The van der Waals surface area contributed by atoms with Crippen LogP contribution in [0.25, 0.3) is 0 Å². The van der Waals surface area contributed by atoms with Gasteiger partial charge in [0, 0.05) is 12.6 Å². The molecule has 4 rings (SSSR count). The van der Waals surface area contributed by atoms with Crippen molar-refractivity contribution in [3.8, 4) is 5.75 Å². The molecule has 242 valence electrons. The zero-order chi connectivity index (χ0) is 32.6. The van der Waals surface area contributed by atoms with Crippen molar-refractivity contribution in [2.45, 2.75) is 95.7 Å². The van der Waals surface area contributed by atoms with Crippen LogP contribution in [0.2, 0.25) is 0 Å². The molecule has 0 aromatic heterocycles. The Labute approximate surface area is 268 Å². The summed E-state index contributed by atoms with van der Waals surface area (Å²) in [4.78, 5) is 29.7. The normalized spacial score (nSPS) is 14.5. The number of carbonyl (C=O) groups excluding carboxylic acids is 2. The first-order valence-corrected chi connectivity index (χ1v) is 17.4. The average molecular weight is 634 g/mol. The summed E-state index contributed by atoms with van der Waals surface area (Å²) in [5.74, 6) is 0.273. The van der Waals surface area contributed by atoms with Gasteiger partial charge in [-0.2, -0.15) is 0 Å². The zero-order valence-electron chi connectivity index (χ0n) is 27.2. The molecule has 0 spiro atoms. The molecule has 1 saturated carbocycles. The van der Waals surface area contributed by atoms with Crippen molar-refractivity contribution in [2.24, 2.45) is 0 Å². The number of sulfonamides is 1. The van der Waals surface area contributed by atoms with Crippen molar-refractivity contribution >= 4 is 27.5 Å². The monoisotopic (exact) mass is 633 g/mol. The lowest BCUT2D eigenvalue weighted by atomic mass is 9.95. The molecule has 0 bridgehead atoms. The summed E-state index contributed by atoms with van der Waals surface area (Å²) in [6, 6.07) is 20.5. The van der Waals surface area contributed by atoms with Gasteiger partial charge in [-0.15, -0.1) is 0 Å². The third-order valence-electron chi connectivity index (χ3n) is 8.59. The van der Waals surface area contributed by atoms with Gasteiger partial charge in [0.1, 0.15) is 18.3 Å². The molecule has 0 saturated heterocycles. The van der Waals surface area contributed by atoms with Gasteiger partial charge in [0.15, 0.2) is 0 Å². The summed E-state index contributed by atoms with van der Waals surface area (Å²) in [5.41, 5.74) is 3.18. The molecule has 3 aromatic carbocycles. The lowest BCUT2D eigenvalue weighted by Gasteiger charge is -2.34. The molecular formula is C36H47N3O5S. The third kappa shape index (κ3) is 8.66. The predicted octanol–water partition coefficient (Wildman–Crippen LogP) is 6.58. The zero-order valence-corrected chi connectivity index (χ0v) is 28.0. The van der Waals surface area contributed by atoms with Crippen LogP contribution in [-0.4, -0.2) is 50.9 Å². The first-order chi connectivity index (χ1) is 21.5. The molecule has 3 aromatic rings. The van der Waals surface area contributed by atoms with Crippen molar-refractivity contribution in [3.05, 3.63) is 89.5 Å². The molecule has 1 fully saturated rings. The minimum absolute atomic E-state index is 0.0797. The van der Waals surface area contributed by atoms with Crippen molar-refractivity contribution in [1.82, 2.24) is 10.2 Å². The molecule has 2 amide bonds. The molecule has 0 aliphatic heterocycles. The summed E-state index contributed by atoms with van der Waals surface area (Å²) in [5, 5.41) is 3.19. The van der Waals surface area contributed by atoms with Crippen LogP contribution >= 0.6 is 0 Å². The van der Waals surface area contributed by atoms with Crippen LogP contribution < -0.4 is 14.4 Å². The average Bonchev–Trinajstić information content (AvgIpc) is 3.04. The van der Waals surface area contributed by atoms with Gasteiger partial charge in [0.05, 0.1) is 17.7 Å². The van der Waals surface area contributed by atoms with Crippen molar-refractivity contribution in [2.75, 3.05) is 18.0 Å². The lowest BCUT2D eigenvalue weighted by molar-refractivity contribution is -0.140. The van der Waals surface area contributed by atoms with Crippen LogP contribution in [-0.2, 0) is 26.2 Å². The number of nitrogens with one attached hydrogen (secondary N) is 1. The first kappa shape index (κ1) is 34.0. The summed E-state index contributed by atoms with van der Waals surface area (Å²) >= 11 is 0. The predicted molar refractivity (Wildman–Crippen MR) is 179 cm³/mol. The highest BCUT2D eigenvalue weighted by Crippen LogP contribution is 2.27. The summed E-state index contributed by atoms with van der Waals surface area (Å²) in [6.07, 6.45) is 5.52. The summed E-state index contributed by atoms with van der Waals surface area (Å²) in [7, 11) is -2.53. The number of methoxy groups -OCH3 is 1. The Kier molecular flexibility index (Phi) is 11.7. The Hall–Kier alpha value is -3.85. The maximum Gasteiger partial charge on any atom is 0.264 e. The van der Waals surface area contributed by atoms with Gasteiger partial charge in [-0.05, 0) is 79.6 Å². The standard InChI is InChI=1S/C36H47N3O5S/c1-6-34(36(41)37-30-10-8-7-9-11-30)38(24-28-14-20-32(44-5)21-15-28)35(40)25-39(31-18-16-29(17-19-31)26(2)3)45(42,43)33-22-12-27(4)13-23-33/h12-23,26,30,34H,6-11,24-25H2,1-5H3,(H,37,41)/t34-/m0/s1. The number of aryl methyl sites for hydroxylation is 1. The van der Waals surface area contributed by atoms with E-state index in [-0.39, 0.29) is 29.3 Å². The second-order valence-electron chi connectivity index (χ2n) is 12.2. The Morgan fingerprint density at radius 3 is 2.09 bits per heavy atom. The Morgan fingerprint density at radius 1 is 0.911 bits per heavy atom. The van der Waals surface area contributed by atoms with Crippen molar-refractivity contribution in [1.29, 1.82) is 0 Å². The van der Waals surface area contributed by atoms with Crippen LogP contribution in [0.5, 0.6) is 5.75 Å². The van der Waals surface area contributed by atoms with Gasteiger partial charge in [0.2, 0.25) is 11.8 Å². The largest absolute Gasteiger partial charge is 0.497 e. The maximum atomic E-state index is 14.4. The fraction of sp³-hybridized carbons (Fsp3) is 0.444. The Morgan fingerprint density at radius 2 is 1.53 bits per heavy atom. The van der Waals surface area contributed by atoms with Gasteiger partial charge in [0.25, 0.3) is 10.0 Å². The molecule has 0 heterocycles. The minimum atomic E-state index is -4.12. The quantitative estimate of drug-likeness (QED) is 0.230.